The molecule has 0 saturated carbocycles. The van der Waals surface area contributed by atoms with Gasteiger partial charge in [0.2, 0.25) is 5.91 Å². The number of nitrogens with zero attached hydrogens (tertiary/aromatic N) is 1. The molecule has 1 atom stereocenters. The highest BCUT2D eigenvalue weighted by molar-refractivity contribution is 6.30. The van der Waals surface area contributed by atoms with Gasteiger partial charge in [0, 0.05) is 5.02 Å². The van der Waals surface area contributed by atoms with Crippen LogP contribution in [0.15, 0.2) is 54.6 Å². The Kier molecular flexibility index (Phi) is 8.24. The number of fused-ring (bicyclic) bond motifs is 1. The fraction of sp³-hybridized carbons (Fsp3) is 0.310. The number of carbonyl (C=O) groups is 2. The lowest BCUT2D eigenvalue weighted by Gasteiger charge is -2.38. The predicted molar refractivity (Wildman–Crippen MR) is 142 cm³/mol. The molecule has 3 aromatic carbocycles. The molecule has 0 saturated heterocycles. The van der Waals surface area contributed by atoms with Crippen LogP contribution in [0, 0.1) is 6.92 Å². The Morgan fingerprint density at radius 2 is 1.62 bits per heavy atom. The predicted octanol–water partition coefficient (Wildman–Crippen LogP) is 5.68. The van der Waals surface area contributed by atoms with Gasteiger partial charge in [-0.3, -0.25) is 9.69 Å². The average molecular weight is 524 g/mol. The van der Waals surface area contributed by atoms with Crippen LogP contribution in [-0.4, -0.2) is 38.8 Å². The first kappa shape index (κ1) is 26.4. The Morgan fingerprint density at radius 3 is 2.27 bits per heavy atom. The number of hydrogen-bond donors (Lipinski definition) is 0. The van der Waals surface area contributed by atoms with Crippen LogP contribution in [0.2, 0.25) is 5.02 Å². The smallest absolute Gasteiger partial charge is 0.343 e. The highest BCUT2D eigenvalue weighted by Gasteiger charge is 2.37. The number of aryl methyl sites for hydroxylation is 1. The van der Waals surface area contributed by atoms with Crippen LogP contribution >= 0.6 is 11.6 Å². The highest BCUT2D eigenvalue weighted by Crippen LogP contribution is 2.45. The maximum absolute atomic E-state index is 13.8. The van der Waals surface area contributed by atoms with Crippen molar-refractivity contribution >= 4 is 29.2 Å². The van der Waals surface area contributed by atoms with Crippen molar-refractivity contribution in [3.8, 4) is 17.2 Å². The molecule has 3 aromatic rings. The number of esters is 1. The topological polar surface area (TPSA) is 74.3 Å². The summed E-state index contributed by atoms with van der Waals surface area (Å²) in [5.74, 6) is 1.00. The molecule has 4 rings (SSSR count). The number of benzene rings is 3. The normalized spacial score (nSPS) is 14.7. The van der Waals surface area contributed by atoms with E-state index < -0.39 is 12.0 Å². The van der Waals surface area contributed by atoms with E-state index in [1.54, 1.807) is 17.0 Å². The third kappa shape index (κ3) is 5.67. The van der Waals surface area contributed by atoms with Crippen molar-refractivity contribution in [2.45, 2.75) is 33.2 Å². The van der Waals surface area contributed by atoms with Gasteiger partial charge in [0.1, 0.15) is 5.75 Å². The third-order valence-corrected chi connectivity index (χ3v) is 6.35. The summed E-state index contributed by atoms with van der Waals surface area (Å²) in [6.07, 6.45) is 0.163. The Morgan fingerprint density at radius 1 is 0.946 bits per heavy atom. The molecular formula is C29H30ClNO6. The Labute approximate surface area is 221 Å². The summed E-state index contributed by atoms with van der Waals surface area (Å²) in [7, 11) is 1.30. The molecule has 1 heterocycles. The number of carbonyl (C=O) groups excluding carboxylic acids is 2. The van der Waals surface area contributed by atoms with E-state index in [-0.39, 0.29) is 18.9 Å². The van der Waals surface area contributed by atoms with E-state index in [4.69, 9.17) is 30.5 Å². The summed E-state index contributed by atoms with van der Waals surface area (Å²) in [6, 6.07) is 16.3. The first-order valence-corrected chi connectivity index (χ1v) is 12.5. The van der Waals surface area contributed by atoms with Crippen LogP contribution in [0.3, 0.4) is 0 Å². The first-order valence-electron chi connectivity index (χ1n) is 12.2. The minimum atomic E-state index is -0.512. The van der Waals surface area contributed by atoms with Crippen LogP contribution < -0.4 is 19.1 Å². The second-order valence-electron chi connectivity index (χ2n) is 8.59. The molecule has 0 N–H and O–H groups in total. The standard InChI is InChI=1S/C29H30ClNO6/c1-5-35-25-14-20-15-27(32)31(23-12-7-18(3)13-24(23)37-17-28(33)34-4)29(19-8-10-21(30)11-9-19)22(20)16-26(25)36-6-2/h7-14,16,29H,5-6,15,17H2,1-4H3. The number of amides is 1. The summed E-state index contributed by atoms with van der Waals surface area (Å²) in [6.45, 7) is 6.41. The molecule has 0 bridgehead atoms. The molecule has 1 aliphatic rings. The number of hydrogen-bond acceptors (Lipinski definition) is 6. The zero-order valence-corrected chi connectivity index (χ0v) is 22.1. The molecule has 7 nitrogen and oxygen atoms in total. The third-order valence-electron chi connectivity index (χ3n) is 6.10. The first-order chi connectivity index (χ1) is 17.9. The maximum atomic E-state index is 13.8. The lowest BCUT2D eigenvalue weighted by Crippen LogP contribution is -2.41. The second kappa shape index (κ2) is 11.6. The molecular weight excluding hydrogens is 494 g/mol. The van der Waals surface area contributed by atoms with Gasteiger partial charge >= 0.3 is 5.97 Å². The van der Waals surface area contributed by atoms with Crippen LogP contribution in [0.1, 0.15) is 42.1 Å². The number of anilines is 1. The molecule has 194 valence electrons. The quantitative estimate of drug-likeness (QED) is 0.336. The van der Waals surface area contributed by atoms with Gasteiger partial charge in [-0.2, -0.15) is 0 Å². The molecule has 1 unspecified atom stereocenters. The molecule has 8 heteroatoms. The van der Waals surface area contributed by atoms with Gasteiger partial charge in [-0.1, -0.05) is 29.8 Å². The Hall–Kier alpha value is -3.71. The zero-order chi connectivity index (χ0) is 26.5. The second-order valence-corrected chi connectivity index (χ2v) is 9.03. The van der Waals surface area contributed by atoms with E-state index in [1.807, 2.05) is 63.2 Å². The van der Waals surface area contributed by atoms with Crippen LogP contribution in [0.25, 0.3) is 0 Å². The fourth-order valence-electron chi connectivity index (χ4n) is 4.47. The van der Waals surface area contributed by atoms with Crippen molar-refractivity contribution in [2.75, 3.05) is 31.8 Å². The Bertz CT molecular complexity index is 1290. The van der Waals surface area contributed by atoms with Gasteiger partial charge in [0.05, 0.1) is 38.5 Å². The van der Waals surface area contributed by atoms with Gasteiger partial charge in [-0.25, -0.2) is 4.79 Å². The van der Waals surface area contributed by atoms with Gasteiger partial charge in [-0.05, 0) is 79.4 Å². The van der Waals surface area contributed by atoms with Crippen LogP contribution in [-0.2, 0) is 20.7 Å². The van der Waals surface area contributed by atoms with E-state index in [0.717, 1.165) is 22.3 Å². The lowest BCUT2D eigenvalue weighted by molar-refractivity contribution is -0.142. The minimum absolute atomic E-state index is 0.120. The van der Waals surface area contributed by atoms with Crippen molar-refractivity contribution in [1.82, 2.24) is 0 Å². The number of rotatable bonds is 9. The zero-order valence-electron chi connectivity index (χ0n) is 21.4. The Balaban J connectivity index is 1.90. The van der Waals surface area contributed by atoms with Gasteiger partial charge in [-0.15, -0.1) is 0 Å². The lowest BCUT2D eigenvalue weighted by atomic mass is 9.86. The molecule has 0 aromatic heterocycles. The number of ether oxygens (including phenoxy) is 4. The van der Waals surface area contributed by atoms with Gasteiger partial charge in [0.15, 0.2) is 18.1 Å². The number of methoxy groups -OCH3 is 1. The maximum Gasteiger partial charge on any atom is 0.343 e. The molecule has 0 spiro atoms. The fourth-order valence-corrected chi connectivity index (χ4v) is 4.60. The number of halogens is 1. The van der Waals surface area contributed by atoms with E-state index in [0.29, 0.717) is 41.2 Å². The summed E-state index contributed by atoms with van der Waals surface area (Å²) in [5.41, 5.74) is 4.11. The van der Waals surface area contributed by atoms with E-state index in [9.17, 15) is 9.59 Å². The molecule has 0 aliphatic carbocycles. The van der Waals surface area contributed by atoms with Gasteiger partial charge in [0.25, 0.3) is 0 Å². The van der Waals surface area contributed by atoms with E-state index >= 15 is 0 Å². The summed E-state index contributed by atoms with van der Waals surface area (Å²) in [5, 5.41) is 0.594. The molecule has 37 heavy (non-hydrogen) atoms. The largest absolute Gasteiger partial charge is 0.490 e. The minimum Gasteiger partial charge on any atom is -0.490 e. The summed E-state index contributed by atoms with van der Waals surface area (Å²) >= 11 is 6.20. The monoisotopic (exact) mass is 523 g/mol. The van der Waals surface area contributed by atoms with Crippen molar-refractivity contribution < 1.29 is 28.5 Å². The van der Waals surface area contributed by atoms with Crippen molar-refractivity contribution in [2.24, 2.45) is 0 Å². The SMILES string of the molecule is CCOc1cc2c(cc1OCC)C(c1ccc(Cl)cc1)N(c1ccc(C)cc1OCC(=O)OC)C(=O)C2. The molecule has 1 amide bonds. The van der Waals surface area contributed by atoms with Crippen molar-refractivity contribution in [3.63, 3.8) is 0 Å². The summed E-state index contributed by atoms with van der Waals surface area (Å²) < 4.78 is 22.3. The van der Waals surface area contributed by atoms with Gasteiger partial charge < -0.3 is 18.9 Å². The van der Waals surface area contributed by atoms with E-state index in [1.165, 1.54) is 7.11 Å². The van der Waals surface area contributed by atoms with Crippen LogP contribution in [0.5, 0.6) is 17.2 Å². The molecule has 0 fully saturated rings. The summed E-state index contributed by atoms with van der Waals surface area (Å²) in [4.78, 5) is 27.3. The molecule has 1 aliphatic heterocycles. The van der Waals surface area contributed by atoms with Crippen molar-refractivity contribution in [1.29, 1.82) is 0 Å². The van der Waals surface area contributed by atoms with Crippen molar-refractivity contribution in [3.05, 3.63) is 81.9 Å². The highest BCUT2D eigenvalue weighted by atomic mass is 35.5. The van der Waals surface area contributed by atoms with Crippen LogP contribution in [0.4, 0.5) is 5.69 Å². The van der Waals surface area contributed by atoms with E-state index in [2.05, 4.69) is 0 Å². The molecule has 0 radical (unpaired) electrons. The average Bonchev–Trinajstić information content (AvgIpc) is 2.88.